The predicted molar refractivity (Wildman–Crippen MR) is 74.5 cm³/mol. The van der Waals surface area contributed by atoms with Gasteiger partial charge in [0, 0.05) is 22.8 Å². The number of aryl methyl sites for hydroxylation is 1. The highest BCUT2D eigenvalue weighted by molar-refractivity contribution is 6.30. The fourth-order valence-corrected chi connectivity index (χ4v) is 2.14. The van der Waals surface area contributed by atoms with Crippen LogP contribution >= 0.6 is 11.6 Å². The summed E-state index contributed by atoms with van der Waals surface area (Å²) in [5.74, 6) is 0.710. The minimum Gasteiger partial charge on any atom is -0.325 e. The summed E-state index contributed by atoms with van der Waals surface area (Å²) < 4.78 is 0. The molecule has 2 N–H and O–H groups in total. The van der Waals surface area contributed by atoms with Crippen LogP contribution in [0, 0.1) is 6.92 Å². The zero-order valence-electron chi connectivity index (χ0n) is 10.6. The lowest BCUT2D eigenvalue weighted by molar-refractivity contribution is 0.891. The van der Waals surface area contributed by atoms with Crippen molar-refractivity contribution in [3.05, 3.63) is 46.2 Å². The summed E-state index contributed by atoms with van der Waals surface area (Å²) in [7, 11) is 0. The largest absolute Gasteiger partial charge is 0.325 e. The van der Waals surface area contributed by atoms with E-state index in [0.717, 1.165) is 28.9 Å². The third-order valence-electron chi connectivity index (χ3n) is 2.95. The lowest BCUT2D eigenvalue weighted by Crippen LogP contribution is -2.09. The Labute approximate surface area is 112 Å². The van der Waals surface area contributed by atoms with Gasteiger partial charge in [0.2, 0.25) is 0 Å². The lowest BCUT2D eigenvalue weighted by atomic mass is 10.1. The smallest absolute Gasteiger partial charge is 0.159 e. The van der Waals surface area contributed by atoms with Crippen molar-refractivity contribution in [2.75, 3.05) is 0 Å². The Kier molecular flexibility index (Phi) is 3.94. The quantitative estimate of drug-likeness (QED) is 0.924. The second kappa shape index (κ2) is 5.46. The third-order valence-corrected chi connectivity index (χ3v) is 3.20. The van der Waals surface area contributed by atoms with Crippen LogP contribution in [-0.2, 0) is 13.0 Å². The van der Waals surface area contributed by atoms with Crippen LogP contribution in [0.15, 0.2) is 24.3 Å². The van der Waals surface area contributed by atoms with E-state index in [1.165, 1.54) is 0 Å². The minimum absolute atomic E-state index is 0.438. The average molecular weight is 262 g/mol. The molecule has 0 radical (unpaired) electrons. The molecule has 0 amide bonds. The highest BCUT2D eigenvalue weighted by atomic mass is 35.5. The van der Waals surface area contributed by atoms with E-state index >= 15 is 0 Å². The lowest BCUT2D eigenvalue weighted by Gasteiger charge is -2.10. The number of aromatic nitrogens is 2. The van der Waals surface area contributed by atoms with E-state index in [-0.39, 0.29) is 0 Å². The molecular weight excluding hydrogens is 246 g/mol. The zero-order valence-corrected chi connectivity index (χ0v) is 11.3. The standard InChI is InChI=1S/C14H16ClN3/c1-3-12-9(2)17-14(18-13(12)8-16)10-4-6-11(15)7-5-10/h4-7H,3,8,16H2,1-2H3. The summed E-state index contributed by atoms with van der Waals surface area (Å²) in [6.07, 6.45) is 0.902. The van der Waals surface area contributed by atoms with Gasteiger partial charge in [-0.3, -0.25) is 0 Å². The maximum atomic E-state index is 5.88. The van der Waals surface area contributed by atoms with Crippen LogP contribution in [0.4, 0.5) is 0 Å². The third kappa shape index (κ3) is 2.52. The number of benzene rings is 1. The molecule has 94 valence electrons. The highest BCUT2D eigenvalue weighted by Gasteiger charge is 2.10. The molecular formula is C14H16ClN3. The van der Waals surface area contributed by atoms with Crippen molar-refractivity contribution in [2.24, 2.45) is 5.73 Å². The van der Waals surface area contributed by atoms with E-state index in [4.69, 9.17) is 17.3 Å². The first-order valence-electron chi connectivity index (χ1n) is 5.98. The van der Waals surface area contributed by atoms with Crippen molar-refractivity contribution < 1.29 is 0 Å². The van der Waals surface area contributed by atoms with E-state index in [1.54, 1.807) is 0 Å². The summed E-state index contributed by atoms with van der Waals surface area (Å²) >= 11 is 5.88. The average Bonchev–Trinajstić information content (AvgIpc) is 2.38. The number of nitrogens with two attached hydrogens (primary N) is 1. The van der Waals surface area contributed by atoms with E-state index in [2.05, 4.69) is 16.9 Å². The second-order valence-electron chi connectivity index (χ2n) is 4.12. The molecule has 18 heavy (non-hydrogen) atoms. The van der Waals surface area contributed by atoms with Gasteiger partial charge in [0.05, 0.1) is 5.69 Å². The van der Waals surface area contributed by atoms with E-state index in [0.29, 0.717) is 17.4 Å². The van der Waals surface area contributed by atoms with Crippen molar-refractivity contribution >= 4 is 11.6 Å². The summed E-state index contributed by atoms with van der Waals surface area (Å²) in [6, 6.07) is 7.52. The maximum Gasteiger partial charge on any atom is 0.159 e. The van der Waals surface area contributed by atoms with Crippen molar-refractivity contribution in [2.45, 2.75) is 26.8 Å². The van der Waals surface area contributed by atoms with Crippen molar-refractivity contribution in [3.63, 3.8) is 0 Å². The van der Waals surface area contributed by atoms with Gasteiger partial charge in [-0.15, -0.1) is 0 Å². The Hall–Kier alpha value is -1.45. The zero-order chi connectivity index (χ0) is 13.1. The Morgan fingerprint density at radius 2 is 1.83 bits per heavy atom. The Morgan fingerprint density at radius 1 is 1.17 bits per heavy atom. The summed E-state index contributed by atoms with van der Waals surface area (Å²) in [4.78, 5) is 9.09. The van der Waals surface area contributed by atoms with Crippen LogP contribution in [0.1, 0.15) is 23.9 Å². The first kappa shape index (κ1) is 13.0. The van der Waals surface area contributed by atoms with Gasteiger partial charge in [0.25, 0.3) is 0 Å². The molecule has 0 aliphatic heterocycles. The van der Waals surface area contributed by atoms with Crippen molar-refractivity contribution in [3.8, 4) is 11.4 Å². The molecule has 0 spiro atoms. The molecule has 0 saturated heterocycles. The molecule has 3 nitrogen and oxygen atoms in total. The second-order valence-corrected chi connectivity index (χ2v) is 4.56. The summed E-state index contributed by atoms with van der Waals surface area (Å²) in [5, 5.41) is 0.708. The molecule has 0 fully saturated rings. The van der Waals surface area contributed by atoms with Crippen LogP contribution in [0.3, 0.4) is 0 Å². The molecule has 1 heterocycles. The maximum absolute atomic E-state index is 5.88. The van der Waals surface area contributed by atoms with E-state index in [1.807, 2.05) is 31.2 Å². The summed E-state index contributed by atoms with van der Waals surface area (Å²) in [6.45, 7) is 4.53. The van der Waals surface area contributed by atoms with Gasteiger partial charge in [-0.2, -0.15) is 0 Å². The van der Waals surface area contributed by atoms with Gasteiger partial charge in [0.15, 0.2) is 5.82 Å². The molecule has 0 unspecified atom stereocenters. The predicted octanol–water partition coefficient (Wildman–Crippen LogP) is 3.13. The number of hydrogen-bond acceptors (Lipinski definition) is 3. The number of halogens is 1. The van der Waals surface area contributed by atoms with Gasteiger partial charge in [-0.05, 0) is 43.2 Å². The minimum atomic E-state index is 0.438. The Morgan fingerprint density at radius 3 is 2.39 bits per heavy atom. The van der Waals surface area contributed by atoms with Crippen LogP contribution in [0.2, 0.25) is 5.02 Å². The van der Waals surface area contributed by atoms with Gasteiger partial charge in [-0.25, -0.2) is 9.97 Å². The van der Waals surface area contributed by atoms with Crippen LogP contribution in [-0.4, -0.2) is 9.97 Å². The fraction of sp³-hybridized carbons (Fsp3) is 0.286. The first-order valence-corrected chi connectivity index (χ1v) is 6.36. The van der Waals surface area contributed by atoms with Gasteiger partial charge in [-0.1, -0.05) is 18.5 Å². The molecule has 1 aromatic heterocycles. The summed E-state index contributed by atoms with van der Waals surface area (Å²) in [5.41, 5.74) is 9.79. The molecule has 0 atom stereocenters. The molecule has 1 aromatic carbocycles. The normalized spacial score (nSPS) is 10.7. The first-order chi connectivity index (χ1) is 8.65. The van der Waals surface area contributed by atoms with Crippen molar-refractivity contribution in [1.29, 1.82) is 0 Å². The number of rotatable bonds is 3. The molecule has 2 aromatic rings. The molecule has 0 aliphatic carbocycles. The van der Waals surface area contributed by atoms with Crippen LogP contribution in [0.25, 0.3) is 11.4 Å². The van der Waals surface area contributed by atoms with Gasteiger partial charge >= 0.3 is 0 Å². The molecule has 4 heteroatoms. The van der Waals surface area contributed by atoms with Crippen LogP contribution < -0.4 is 5.73 Å². The number of nitrogens with zero attached hydrogens (tertiary/aromatic N) is 2. The van der Waals surface area contributed by atoms with Crippen LogP contribution in [0.5, 0.6) is 0 Å². The SMILES string of the molecule is CCc1c(C)nc(-c2ccc(Cl)cc2)nc1CN. The monoisotopic (exact) mass is 261 g/mol. The fourth-order valence-electron chi connectivity index (χ4n) is 2.01. The molecule has 0 bridgehead atoms. The Bertz CT molecular complexity index is 550. The molecule has 0 saturated carbocycles. The molecule has 0 aliphatic rings. The highest BCUT2D eigenvalue weighted by Crippen LogP contribution is 2.21. The number of hydrogen-bond donors (Lipinski definition) is 1. The van der Waals surface area contributed by atoms with Crippen molar-refractivity contribution in [1.82, 2.24) is 9.97 Å². The van der Waals surface area contributed by atoms with E-state index < -0.39 is 0 Å². The molecule has 2 rings (SSSR count). The van der Waals surface area contributed by atoms with Gasteiger partial charge in [0.1, 0.15) is 0 Å². The topological polar surface area (TPSA) is 51.8 Å². The van der Waals surface area contributed by atoms with Gasteiger partial charge < -0.3 is 5.73 Å². The Balaban J connectivity index is 2.52. The van der Waals surface area contributed by atoms with E-state index in [9.17, 15) is 0 Å².